The maximum atomic E-state index is 5.59. The van der Waals surface area contributed by atoms with Gasteiger partial charge in [0, 0.05) is 15.6 Å². The quantitative estimate of drug-likeness (QED) is 0.921. The number of benzene rings is 1. The zero-order valence-electron chi connectivity index (χ0n) is 11.8. The monoisotopic (exact) mass is 329 g/mol. The smallest absolute Gasteiger partial charge is 0.203 e. The summed E-state index contributed by atoms with van der Waals surface area (Å²) in [5.74, 6) is 2.03. The van der Waals surface area contributed by atoms with Gasteiger partial charge in [-0.05, 0) is 32.4 Å². The van der Waals surface area contributed by atoms with Gasteiger partial charge >= 0.3 is 0 Å². The van der Waals surface area contributed by atoms with Gasteiger partial charge in [0.1, 0.15) is 0 Å². The van der Waals surface area contributed by atoms with Crippen molar-refractivity contribution in [1.82, 2.24) is 5.32 Å². The molecule has 19 heavy (non-hydrogen) atoms. The summed E-state index contributed by atoms with van der Waals surface area (Å²) in [5, 5.41) is 3.55. The molecule has 1 heterocycles. The average Bonchev–Trinajstić information content (AvgIpc) is 2.84. The first-order valence-electron chi connectivity index (χ1n) is 6.31. The lowest BCUT2D eigenvalue weighted by Gasteiger charge is -2.29. The summed E-state index contributed by atoms with van der Waals surface area (Å²) in [7, 11) is 4.91. The fourth-order valence-corrected chi connectivity index (χ4v) is 3.57. The van der Waals surface area contributed by atoms with Gasteiger partial charge in [0.2, 0.25) is 5.75 Å². The summed E-state index contributed by atoms with van der Waals surface area (Å²) >= 11 is 3.63. The molecular weight excluding hydrogens is 310 g/mol. The van der Waals surface area contributed by atoms with E-state index in [-0.39, 0.29) is 5.54 Å². The Balaban J connectivity index is 2.65. The predicted molar refractivity (Wildman–Crippen MR) is 78.4 cm³/mol. The molecule has 2 rings (SSSR count). The molecular formula is C14H20BrNO3. The summed E-state index contributed by atoms with van der Waals surface area (Å²) in [5.41, 5.74) is 0.981. The summed E-state index contributed by atoms with van der Waals surface area (Å²) in [4.78, 5) is 0. The third-order valence-electron chi connectivity index (χ3n) is 3.70. The summed E-state index contributed by atoms with van der Waals surface area (Å²) < 4.78 is 17.4. The van der Waals surface area contributed by atoms with Crippen molar-refractivity contribution in [2.24, 2.45) is 0 Å². The lowest BCUT2D eigenvalue weighted by molar-refractivity contribution is 0.311. The normalized spacial score (nSPS) is 22.4. The molecule has 106 valence electrons. The molecule has 1 aromatic rings. The molecule has 0 spiro atoms. The third kappa shape index (κ3) is 2.41. The maximum Gasteiger partial charge on any atom is 0.203 e. The molecule has 0 bridgehead atoms. The van der Waals surface area contributed by atoms with Crippen molar-refractivity contribution in [3.8, 4) is 17.2 Å². The SMILES string of the molecule is COc1cc(Br)c(C2(C)CCCN2)c(OC)c1OC. The molecule has 1 N–H and O–H groups in total. The van der Waals surface area contributed by atoms with Crippen molar-refractivity contribution in [3.63, 3.8) is 0 Å². The van der Waals surface area contributed by atoms with Gasteiger partial charge in [0.15, 0.2) is 11.5 Å². The number of ether oxygens (including phenoxy) is 3. The summed E-state index contributed by atoms with van der Waals surface area (Å²) in [6.07, 6.45) is 2.22. The van der Waals surface area contributed by atoms with E-state index < -0.39 is 0 Å². The molecule has 1 unspecified atom stereocenters. The standard InChI is InChI=1S/C14H20BrNO3/c1-14(6-5-7-16-14)11-9(15)8-10(17-2)12(18-3)13(11)19-4/h8,16H,5-7H2,1-4H3. The van der Waals surface area contributed by atoms with Crippen LogP contribution in [0.3, 0.4) is 0 Å². The molecule has 1 saturated heterocycles. The molecule has 0 amide bonds. The van der Waals surface area contributed by atoms with E-state index in [0.717, 1.165) is 35.2 Å². The topological polar surface area (TPSA) is 39.7 Å². The van der Waals surface area contributed by atoms with E-state index in [2.05, 4.69) is 28.2 Å². The molecule has 0 radical (unpaired) electrons. The third-order valence-corrected chi connectivity index (χ3v) is 4.33. The minimum Gasteiger partial charge on any atom is -0.493 e. The van der Waals surface area contributed by atoms with E-state index in [1.165, 1.54) is 0 Å². The van der Waals surface area contributed by atoms with E-state index in [9.17, 15) is 0 Å². The Morgan fingerprint density at radius 2 is 1.84 bits per heavy atom. The van der Waals surface area contributed by atoms with E-state index in [4.69, 9.17) is 14.2 Å². The summed E-state index contributed by atoms with van der Waals surface area (Å²) in [6, 6.07) is 1.93. The van der Waals surface area contributed by atoms with Crippen LogP contribution in [0.4, 0.5) is 0 Å². The second-order valence-corrected chi connectivity index (χ2v) is 5.72. The molecule has 0 saturated carbocycles. The largest absolute Gasteiger partial charge is 0.493 e. The Morgan fingerprint density at radius 1 is 1.16 bits per heavy atom. The highest BCUT2D eigenvalue weighted by atomic mass is 79.9. The van der Waals surface area contributed by atoms with Gasteiger partial charge in [-0.1, -0.05) is 15.9 Å². The van der Waals surface area contributed by atoms with Gasteiger partial charge in [-0.25, -0.2) is 0 Å². The van der Waals surface area contributed by atoms with Crippen LogP contribution >= 0.6 is 15.9 Å². The van der Waals surface area contributed by atoms with E-state index in [0.29, 0.717) is 11.5 Å². The number of halogens is 1. The Labute approximate surface area is 122 Å². The van der Waals surface area contributed by atoms with Crippen LogP contribution in [0.1, 0.15) is 25.3 Å². The number of hydrogen-bond acceptors (Lipinski definition) is 4. The molecule has 0 aliphatic carbocycles. The zero-order chi connectivity index (χ0) is 14.0. The molecule has 1 aromatic carbocycles. The highest BCUT2D eigenvalue weighted by Gasteiger charge is 2.37. The number of hydrogen-bond donors (Lipinski definition) is 1. The van der Waals surface area contributed by atoms with Gasteiger partial charge in [0.25, 0.3) is 0 Å². The van der Waals surface area contributed by atoms with Crippen molar-refractivity contribution in [2.45, 2.75) is 25.3 Å². The Bertz CT molecular complexity index is 470. The van der Waals surface area contributed by atoms with Crippen molar-refractivity contribution in [1.29, 1.82) is 0 Å². The second-order valence-electron chi connectivity index (χ2n) is 4.86. The van der Waals surface area contributed by atoms with Crippen LogP contribution in [0.5, 0.6) is 17.2 Å². The first-order valence-corrected chi connectivity index (χ1v) is 7.10. The van der Waals surface area contributed by atoms with E-state index in [1.807, 2.05) is 6.07 Å². The molecule has 5 heteroatoms. The van der Waals surface area contributed by atoms with Gasteiger partial charge < -0.3 is 19.5 Å². The van der Waals surface area contributed by atoms with Crippen LogP contribution < -0.4 is 19.5 Å². The van der Waals surface area contributed by atoms with Crippen molar-refractivity contribution in [2.75, 3.05) is 27.9 Å². The van der Waals surface area contributed by atoms with E-state index in [1.54, 1.807) is 21.3 Å². The Morgan fingerprint density at radius 3 is 2.32 bits per heavy atom. The number of rotatable bonds is 4. The Kier molecular flexibility index (Phi) is 4.26. The van der Waals surface area contributed by atoms with Crippen molar-refractivity contribution >= 4 is 15.9 Å². The highest BCUT2D eigenvalue weighted by Crippen LogP contribution is 2.49. The zero-order valence-corrected chi connectivity index (χ0v) is 13.4. The molecule has 0 aromatic heterocycles. The van der Waals surface area contributed by atoms with Crippen molar-refractivity contribution in [3.05, 3.63) is 16.1 Å². The average molecular weight is 330 g/mol. The fraction of sp³-hybridized carbons (Fsp3) is 0.571. The Hall–Kier alpha value is -0.940. The summed E-state index contributed by atoms with van der Waals surface area (Å²) in [6.45, 7) is 3.20. The van der Waals surface area contributed by atoms with Crippen LogP contribution in [0.2, 0.25) is 0 Å². The second kappa shape index (κ2) is 5.59. The van der Waals surface area contributed by atoms with Crippen LogP contribution in [-0.4, -0.2) is 27.9 Å². The van der Waals surface area contributed by atoms with Crippen LogP contribution in [0.25, 0.3) is 0 Å². The molecule has 1 aliphatic rings. The first-order chi connectivity index (χ1) is 9.07. The van der Waals surface area contributed by atoms with Crippen molar-refractivity contribution < 1.29 is 14.2 Å². The lowest BCUT2D eigenvalue weighted by atomic mass is 9.89. The molecule has 1 aliphatic heterocycles. The number of methoxy groups -OCH3 is 3. The lowest BCUT2D eigenvalue weighted by Crippen LogP contribution is -2.34. The van der Waals surface area contributed by atoms with Gasteiger partial charge in [-0.3, -0.25) is 0 Å². The van der Waals surface area contributed by atoms with Crippen LogP contribution in [0.15, 0.2) is 10.5 Å². The maximum absolute atomic E-state index is 5.59. The van der Waals surface area contributed by atoms with Gasteiger partial charge in [-0.2, -0.15) is 0 Å². The fourth-order valence-electron chi connectivity index (χ4n) is 2.75. The molecule has 1 fully saturated rings. The first kappa shape index (κ1) is 14.5. The van der Waals surface area contributed by atoms with Gasteiger partial charge in [0.05, 0.1) is 21.3 Å². The molecule has 1 atom stereocenters. The molecule has 4 nitrogen and oxygen atoms in total. The van der Waals surface area contributed by atoms with Crippen LogP contribution in [0, 0.1) is 0 Å². The van der Waals surface area contributed by atoms with Gasteiger partial charge in [-0.15, -0.1) is 0 Å². The minimum absolute atomic E-state index is 0.107. The minimum atomic E-state index is -0.107. The highest BCUT2D eigenvalue weighted by molar-refractivity contribution is 9.10. The van der Waals surface area contributed by atoms with Crippen LogP contribution in [-0.2, 0) is 5.54 Å². The predicted octanol–water partition coefficient (Wildman–Crippen LogP) is 3.07. The van der Waals surface area contributed by atoms with E-state index >= 15 is 0 Å². The number of nitrogens with one attached hydrogen (secondary N) is 1.